The summed E-state index contributed by atoms with van der Waals surface area (Å²) < 4.78 is 0. The summed E-state index contributed by atoms with van der Waals surface area (Å²) in [5.41, 5.74) is 2.91. The molecule has 0 spiro atoms. The van der Waals surface area contributed by atoms with E-state index in [2.05, 4.69) is 28.2 Å². The molecule has 1 N–H and O–H groups in total. The van der Waals surface area contributed by atoms with Crippen LogP contribution in [0.2, 0.25) is 0 Å². The van der Waals surface area contributed by atoms with Crippen molar-refractivity contribution < 1.29 is 0 Å². The van der Waals surface area contributed by atoms with Crippen molar-refractivity contribution in [1.82, 2.24) is 15.0 Å². The van der Waals surface area contributed by atoms with Crippen molar-refractivity contribution in [2.75, 3.05) is 0 Å². The second-order valence-electron chi connectivity index (χ2n) is 2.41. The predicted molar refractivity (Wildman–Crippen MR) is 42.1 cm³/mol. The van der Waals surface area contributed by atoms with Crippen LogP contribution in [0.15, 0.2) is 12.3 Å². The maximum absolute atomic E-state index is 4.16. The minimum Gasteiger partial charge on any atom is -0.320 e. The first-order valence-corrected chi connectivity index (χ1v) is 3.61. The van der Waals surface area contributed by atoms with Crippen molar-refractivity contribution in [2.24, 2.45) is 0 Å². The second-order valence-corrected chi connectivity index (χ2v) is 2.41. The van der Waals surface area contributed by atoms with Crippen molar-refractivity contribution in [1.29, 1.82) is 0 Å². The number of H-pyrrole nitrogens is 1. The van der Waals surface area contributed by atoms with Crippen LogP contribution in [0.25, 0.3) is 11.2 Å². The number of imidazole rings is 1. The number of pyridine rings is 1. The predicted octanol–water partition coefficient (Wildman–Crippen LogP) is 1.32. The third-order valence-electron chi connectivity index (χ3n) is 1.68. The largest absolute Gasteiger partial charge is 0.320 e. The van der Waals surface area contributed by atoms with Crippen LogP contribution >= 0.6 is 0 Å². The highest BCUT2D eigenvalue weighted by Gasteiger charge is 1.97. The fourth-order valence-corrected chi connectivity index (χ4v) is 1.01. The molecular weight excluding hydrogens is 138 g/mol. The molecule has 0 aliphatic heterocycles. The molecule has 2 aromatic rings. The molecule has 0 atom stereocenters. The highest BCUT2D eigenvalue weighted by molar-refractivity contribution is 5.69. The molecule has 11 heavy (non-hydrogen) atoms. The van der Waals surface area contributed by atoms with Crippen molar-refractivity contribution in [3.8, 4) is 0 Å². The van der Waals surface area contributed by atoms with Gasteiger partial charge < -0.3 is 4.98 Å². The Kier molecular flexibility index (Phi) is 1.35. The molecular formula is C8H8N3. The van der Waals surface area contributed by atoms with Crippen LogP contribution in [-0.2, 0) is 6.42 Å². The van der Waals surface area contributed by atoms with E-state index in [0.29, 0.717) is 0 Å². The van der Waals surface area contributed by atoms with Gasteiger partial charge in [0.15, 0.2) is 12.0 Å². The summed E-state index contributed by atoms with van der Waals surface area (Å²) >= 11 is 0. The van der Waals surface area contributed by atoms with E-state index >= 15 is 0 Å². The highest BCUT2D eigenvalue weighted by atomic mass is 14.9. The van der Waals surface area contributed by atoms with Crippen LogP contribution in [0.1, 0.15) is 12.5 Å². The molecule has 0 saturated carbocycles. The Bertz CT molecular complexity index is 364. The van der Waals surface area contributed by atoms with Crippen molar-refractivity contribution >= 4 is 11.2 Å². The number of aromatic nitrogens is 3. The number of fused-ring (bicyclic) bond motifs is 1. The molecule has 0 fully saturated rings. The molecule has 0 amide bonds. The topological polar surface area (TPSA) is 41.6 Å². The van der Waals surface area contributed by atoms with Crippen molar-refractivity contribution in [2.45, 2.75) is 13.3 Å². The Balaban J connectivity index is 2.67. The average Bonchev–Trinajstić information content (AvgIpc) is 2.50. The summed E-state index contributed by atoms with van der Waals surface area (Å²) in [5, 5.41) is 0. The van der Waals surface area contributed by atoms with E-state index < -0.39 is 0 Å². The maximum Gasteiger partial charge on any atom is 0.175 e. The monoisotopic (exact) mass is 146 g/mol. The first-order valence-electron chi connectivity index (χ1n) is 3.61. The fraction of sp³-hybridized carbons (Fsp3) is 0.250. The lowest BCUT2D eigenvalue weighted by molar-refractivity contribution is 1.12. The Morgan fingerprint density at radius 3 is 3.36 bits per heavy atom. The minimum absolute atomic E-state index is 0.808. The molecule has 2 rings (SSSR count). The Morgan fingerprint density at radius 1 is 1.64 bits per heavy atom. The number of nitrogens with one attached hydrogen (secondary N) is 1. The van der Waals surface area contributed by atoms with E-state index in [9.17, 15) is 0 Å². The van der Waals surface area contributed by atoms with E-state index in [1.807, 2.05) is 12.3 Å². The zero-order valence-electron chi connectivity index (χ0n) is 6.26. The minimum atomic E-state index is 0.808. The highest BCUT2D eigenvalue weighted by Crippen LogP contribution is 2.07. The molecule has 2 aromatic heterocycles. The molecule has 0 aliphatic rings. The van der Waals surface area contributed by atoms with Gasteiger partial charge >= 0.3 is 0 Å². The van der Waals surface area contributed by atoms with E-state index in [1.165, 1.54) is 5.56 Å². The molecule has 0 aliphatic carbocycles. The van der Waals surface area contributed by atoms with Gasteiger partial charge in [-0.3, -0.25) is 0 Å². The quantitative estimate of drug-likeness (QED) is 0.659. The van der Waals surface area contributed by atoms with Gasteiger partial charge in [0, 0.05) is 6.20 Å². The fourth-order valence-electron chi connectivity index (χ4n) is 1.01. The number of aromatic amines is 1. The van der Waals surface area contributed by atoms with Gasteiger partial charge in [0.2, 0.25) is 0 Å². The second kappa shape index (κ2) is 2.34. The normalized spacial score (nSPS) is 10.6. The Morgan fingerprint density at radius 2 is 2.55 bits per heavy atom. The smallest absolute Gasteiger partial charge is 0.175 e. The molecule has 2 heterocycles. The maximum atomic E-state index is 4.16. The van der Waals surface area contributed by atoms with Crippen LogP contribution in [-0.4, -0.2) is 15.0 Å². The van der Waals surface area contributed by atoms with Crippen molar-refractivity contribution in [3.63, 3.8) is 0 Å². The number of nitrogens with zero attached hydrogens (tertiary/aromatic N) is 2. The zero-order chi connectivity index (χ0) is 7.68. The lowest BCUT2D eigenvalue weighted by atomic mass is 10.2. The van der Waals surface area contributed by atoms with Gasteiger partial charge in [-0.05, 0) is 18.1 Å². The number of aryl methyl sites for hydroxylation is 1. The lowest BCUT2D eigenvalue weighted by Crippen LogP contribution is -1.82. The van der Waals surface area contributed by atoms with Crippen LogP contribution < -0.4 is 0 Å². The van der Waals surface area contributed by atoms with E-state index in [0.717, 1.165) is 17.6 Å². The number of hydrogen-bond acceptors (Lipinski definition) is 2. The van der Waals surface area contributed by atoms with Gasteiger partial charge in [0.1, 0.15) is 5.52 Å². The third kappa shape index (κ3) is 0.981. The summed E-state index contributed by atoms with van der Waals surface area (Å²) in [6.07, 6.45) is 5.50. The lowest BCUT2D eigenvalue weighted by Gasteiger charge is -1.92. The van der Waals surface area contributed by atoms with Gasteiger partial charge in [0.25, 0.3) is 0 Å². The van der Waals surface area contributed by atoms with Gasteiger partial charge in [-0.1, -0.05) is 6.92 Å². The molecule has 0 bridgehead atoms. The summed E-state index contributed by atoms with van der Waals surface area (Å²) in [5.74, 6) is 0. The molecule has 55 valence electrons. The SMILES string of the molecule is CCc1cnc2[nH][c]nc2c1. The van der Waals surface area contributed by atoms with Gasteiger partial charge in [-0.15, -0.1) is 0 Å². The summed E-state index contributed by atoms with van der Waals surface area (Å²) in [4.78, 5) is 11.0. The van der Waals surface area contributed by atoms with Crippen LogP contribution in [0.4, 0.5) is 0 Å². The average molecular weight is 146 g/mol. The molecule has 0 aromatic carbocycles. The zero-order valence-corrected chi connectivity index (χ0v) is 6.26. The van der Waals surface area contributed by atoms with E-state index in [4.69, 9.17) is 0 Å². The van der Waals surface area contributed by atoms with Crippen LogP contribution in [0.5, 0.6) is 0 Å². The standard InChI is InChI=1S/C8H8N3/c1-2-6-3-7-8(9-4-6)11-5-10-7/h3-4H,2H2,1H3,(H,9,10,11). The van der Waals surface area contributed by atoms with Crippen molar-refractivity contribution in [3.05, 3.63) is 24.2 Å². The van der Waals surface area contributed by atoms with Gasteiger partial charge in [-0.2, -0.15) is 0 Å². The molecule has 1 radical (unpaired) electrons. The molecule has 3 nitrogen and oxygen atoms in total. The molecule has 0 saturated heterocycles. The first-order chi connectivity index (χ1) is 5.40. The number of rotatable bonds is 1. The van der Waals surface area contributed by atoms with Gasteiger partial charge in [-0.25, -0.2) is 9.97 Å². The van der Waals surface area contributed by atoms with Gasteiger partial charge in [0.05, 0.1) is 0 Å². The molecule has 3 heteroatoms. The van der Waals surface area contributed by atoms with Crippen LogP contribution in [0.3, 0.4) is 0 Å². The summed E-state index contributed by atoms with van der Waals surface area (Å²) in [6.45, 7) is 2.10. The number of hydrogen-bond donors (Lipinski definition) is 1. The van der Waals surface area contributed by atoms with E-state index in [-0.39, 0.29) is 0 Å². The Labute approximate surface area is 64.5 Å². The first kappa shape index (κ1) is 6.34. The molecule has 0 unspecified atom stereocenters. The summed E-state index contributed by atoms with van der Waals surface area (Å²) in [7, 11) is 0. The van der Waals surface area contributed by atoms with E-state index in [1.54, 1.807) is 0 Å². The third-order valence-corrected chi connectivity index (χ3v) is 1.68. The van der Waals surface area contributed by atoms with Crippen LogP contribution in [0, 0.1) is 6.33 Å². The summed E-state index contributed by atoms with van der Waals surface area (Å²) in [6, 6.07) is 2.02. The Hall–Kier alpha value is -1.38.